The van der Waals surface area contributed by atoms with Gasteiger partial charge >= 0.3 is 0 Å². The Kier molecular flexibility index (Phi) is 4.71. The number of hydrogen-bond donors (Lipinski definition) is 1. The molecule has 20 heavy (non-hydrogen) atoms. The third-order valence-electron chi connectivity index (χ3n) is 2.95. The first-order chi connectivity index (χ1) is 9.69. The number of rotatable bonds is 5. The number of carbonyl (C=O) groups is 1. The predicted molar refractivity (Wildman–Crippen MR) is 79.4 cm³/mol. The molecule has 0 fully saturated rings. The minimum Gasteiger partial charge on any atom is -0.362 e. The maximum Gasteiger partial charge on any atom is 0.243 e. The molecule has 0 aromatic heterocycles. The predicted octanol–water partition coefficient (Wildman–Crippen LogP) is 3.29. The lowest BCUT2D eigenvalue weighted by atomic mass is 10.2. The van der Waals surface area contributed by atoms with E-state index in [9.17, 15) is 9.18 Å². The van der Waals surface area contributed by atoms with Crippen molar-refractivity contribution >= 4 is 17.3 Å². The van der Waals surface area contributed by atoms with E-state index in [0.717, 1.165) is 12.2 Å². The Labute approximate surface area is 118 Å². The largest absolute Gasteiger partial charge is 0.362 e. The van der Waals surface area contributed by atoms with Crippen LogP contribution in [0.4, 0.5) is 15.8 Å². The quantitative estimate of drug-likeness (QED) is 0.905. The van der Waals surface area contributed by atoms with Crippen LogP contribution in [0.5, 0.6) is 0 Å². The molecule has 1 amide bonds. The first-order valence-electron chi connectivity index (χ1n) is 6.54. The first-order valence-corrected chi connectivity index (χ1v) is 6.54. The highest BCUT2D eigenvalue weighted by Gasteiger charge is 2.10. The number of nitrogens with zero attached hydrogens (tertiary/aromatic N) is 1. The fraction of sp³-hybridized carbons (Fsp3) is 0.188. The van der Waals surface area contributed by atoms with Gasteiger partial charge in [-0.3, -0.25) is 4.79 Å². The molecule has 2 aromatic rings. The van der Waals surface area contributed by atoms with Gasteiger partial charge in [-0.1, -0.05) is 24.3 Å². The van der Waals surface area contributed by atoms with Gasteiger partial charge in [0.05, 0.1) is 6.54 Å². The van der Waals surface area contributed by atoms with Crippen molar-refractivity contribution in [2.45, 2.75) is 6.92 Å². The van der Waals surface area contributed by atoms with E-state index in [1.807, 2.05) is 42.2 Å². The number of carbonyl (C=O) groups excluding carboxylic acids is 1. The Balaban J connectivity index is 2.00. The summed E-state index contributed by atoms with van der Waals surface area (Å²) in [4.78, 5) is 13.9. The molecule has 0 heterocycles. The molecule has 0 aliphatic rings. The average molecular weight is 272 g/mol. The van der Waals surface area contributed by atoms with Crippen molar-refractivity contribution in [3.63, 3.8) is 0 Å². The maximum absolute atomic E-state index is 13.0. The summed E-state index contributed by atoms with van der Waals surface area (Å²) in [5, 5.41) is 2.70. The molecular weight excluding hydrogens is 255 g/mol. The molecule has 0 aliphatic heterocycles. The number of nitrogens with one attached hydrogen (secondary N) is 1. The third kappa shape index (κ3) is 3.82. The lowest BCUT2D eigenvalue weighted by Gasteiger charge is -2.22. The van der Waals surface area contributed by atoms with Gasteiger partial charge in [0, 0.05) is 17.9 Å². The first kappa shape index (κ1) is 14.1. The average Bonchev–Trinajstić information content (AvgIpc) is 2.45. The van der Waals surface area contributed by atoms with Gasteiger partial charge in [0.2, 0.25) is 5.91 Å². The number of benzene rings is 2. The van der Waals surface area contributed by atoms with E-state index in [1.54, 1.807) is 12.1 Å². The zero-order chi connectivity index (χ0) is 14.4. The summed E-state index contributed by atoms with van der Waals surface area (Å²) in [7, 11) is 0. The van der Waals surface area contributed by atoms with E-state index in [-0.39, 0.29) is 18.3 Å². The van der Waals surface area contributed by atoms with Crippen LogP contribution in [0.25, 0.3) is 0 Å². The van der Waals surface area contributed by atoms with E-state index >= 15 is 0 Å². The van der Waals surface area contributed by atoms with Crippen molar-refractivity contribution in [2.75, 3.05) is 23.3 Å². The van der Waals surface area contributed by atoms with Crippen LogP contribution in [0.3, 0.4) is 0 Å². The molecule has 0 spiro atoms. The molecule has 0 saturated heterocycles. The Bertz CT molecular complexity index is 572. The summed E-state index contributed by atoms with van der Waals surface area (Å²) in [6, 6.07) is 15.6. The summed E-state index contributed by atoms with van der Waals surface area (Å²) in [5.74, 6) is -0.528. The summed E-state index contributed by atoms with van der Waals surface area (Å²) >= 11 is 0. The molecule has 1 N–H and O–H groups in total. The molecular formula is C16H17FN2O. The van der Waals surface area contributed by atoms with Gasteiger partial charge in [-0.05, 0) is 37.3 Å². The third-order valence-corrected chi connectivity index (χ3v) is 2.95. The highest BCUT2D eigenvalue weighted by atomic mass is 19.1. The van der Waals surface area contributed by atoms with Crippen molar-refractivity contribution in [2.24, 2.45) is 0 Å². The number of likely N-dealkylation sites (N-methyl/N-ethyl adjacent to an activating group) is 1. The lowest BCUT2D eigenvalue weighted by Crippen LogP contribution is -2.33. The molecule has 3 nitrogen and oxygen atoms in total. The molecule has 4 heteroatoms. The topological polar surface area (TPSA) is 32.3 Å². The van der Waals surface area contributed by atoms with E-state index in [4.69, 9.17) is 0 Å². The number of amides is 1. The van der Waals surface area contributed by atoms with Crippen molar-refractivity contribution in [1.82, 2.24) is 0 Å². The fourth-order valence-electron chi connectivity index (χ4n) is 1.96. The summed E-state index contributed by atoms with van der Waals surface area (Å²) in [6.45, 7) is 2.94. The monoisotopic (exact) mass is 272 g/mol. The maximum atomic E-state index is 13.0. The summed E-state index contributed by atoms with van der Waals surface area (Å²) < 4.78 is 13.0. The van der Waals surface area contributed by atoms with Crippen LogP contribution >= 0.6 is 0 Å². The Morgan fingerprint density at radius 2 is 1.90 bits per heavy atom. The van der Waals surface area contributed by atoms with Crippen molar-refractivity contribution in [1.29, 1.82) is 0 Å². The van der Waals surface area contributed by atoms with Crippen LogP contribution in [-0.4, -0.2) is 19.0 Å². The van der Waals surface area contributed by atoms with Gasteiger partial charge < -0.3 is 10.2 Å². The van der Waals surface area contributed by atoms with Crippen LogP contribution in [0.15, 0.2) is 54.6 Å². The van der Waals surface area contributed by atoms with Gasteiger partial charge in [0.1, 0.15) is 5.82 Å². The number of para-hydroxylation sites is 1. The summed E-state index contributed by atoms with van der Waals surface area (Å²) in [6.07, 6.45) is 0. The van der Waals surface area contributed by atoms with Gasteiger partial charge in [0.25, 0.3) is 0 Å². The SMILES string of the molecule is CCN(CC(=O)Nc1cccc(F)c1)c1ccccc1. The molecule has 0 atom stereocenters. The normalized spacial score (nSPS) is 10.1. The zero-order valence-corrected chi connectivity index (χ0v) is 11.3. The van der Waals surface area contributed by atoms with Gasteiger partial charge in [-0.2, -0.15) is 0 Å². The number of halogens is 1. The Morgan fingerprint density at radius 1 is 1.15 bits per heavy atom. The van der Waals surface area contributed by atoms with E-state index in [1.165, 1.54) is 12.1 Å². The molecule has 0 saturated carbocycles. The van der Waals surface area contributed by atoms with Gasteiger partial charge in [-0.25, -0.2) is 4.39 Å². The van der Waals surface area contributed by atoms with Crippen LogP contribution in [0.1, 0.15) is 6.92 Å². The molecule has 0 aliphatic carbocycles. The minimum absolute atomic E-state index is 0.165. The van der Waals surface area contributed by atoms with E-state index in [2.05, 4.69) is 5.32 Å². The molecule has 0 unspecified atom stereocenters. The molecule has 104 valence electrons. The fourth-order valence-corrected chi connectivity index (χ4v) is 1.96. The molecule has 2 rings (SSSR count). The van der Waals surface area contributed by atoms with Crippen LogP contribution in [0, 0.1) is 5.82 Å². The second-order valence-corrected chi connectivity index (χ2v) is 4.41. The van der Waals surface area contributed by atoms with Crippen molar-refractivity contribution in [3.8, 4) is 0 Å². The molecule has 0 radical (unpaired) electrons. The highest BCUT2D eigenvalue weighted by Crippen LogP contribution is 2.13. The van der Waals surface area contributed by atoms with Crippen molar-refractivity contribution in [3.05, 3.63) is 60.4 Å². The second-order valence-electron chi connectivity index (χ2n) is 4.41. The van der Waals surface area contributed by atoms with Crippen molar-refractivity contribution < 1.29 is 9.18 Å². The van der Waals surface area contributed by atoms with Crippen LogP contribution in [-0.2, 0) is 4.79 Å². The second kappa shape index (κ2) is 6.70. The van der Waals surface area contributed by atoms with Crippen LogP contribution in [0.2, 0.25) is 0 Å². The molecule has 0 bridgehead atoms. The Hall–Kier alpha value is -2.36. The summed E-state index contributed by atoms with van der Waals surface area (Å²) in [5.41, 5.74) is 1.46. The van der Waals surface area contributed by atoms with Crippen LogP contribution < -0.4 is 10.2 Å². The smallest absolute Gasteiger partial charge is 0.243 e. The van der Waals surface area contributed by atoms with E-state index in [0.29, 0.717) is 5.69 Å². The van der Waals surface area contributed by atoms with E-state index < -0.39 is 0 Å². The highest BCUT2D eigenvalue weighted by molar-refractivity contribution is 5.94. The number of anilines is 2. The van der Waals surface area contributed by atoms with Gasteiger partial charge in [0.15, 0.2) is 0 Å². The number of hydrogen-bond acceptors (Lipinski definition) is 2. The zero-order valence-electron chi connectivity index (χ0n) is 11.3. The minimum atomic E-state index is -0.363. The van der Waals surface area contributed by atoms with Gasteiger partial charge in [-0.15, -0.1) is 0 Å². The Morgan fingerprint density at radius 3 is 2.55 bits per heavy atom. The lowest BCUT2D eigenvalue weighted by molar-refractivity contribution is -0.115. The molecule has 2 aromatic carbocycles. The standard InChI is InChI=1S/C16H17FN2O/c1-2-19(15-9-4-3-5-10-15)12-16(20)18-14-8-6-7-13(17)11-14/h3-11H,2,12H2,1H3,(H,18,20).